The predicted octanol–water partition coefficient (Wildman–Crippen LogP) is 4.03. The van der Waals surface area contributed by atoms with Gasteiger partial charge >= 0.3 is 0 Å². The number of aliphatic hydroxyl groups is 1. The number of fused-ring (bicyclic) bond motifs is 1. The molecule has 2 aromatic carbocycles. The molecule has 1 aromatic heterocycles. The number of aromatic nitrogens is 3. The van der Waals surface area contributed by atoms with E-state index in [2.05, 4.69) is 19.8 Å². The number of β-amino-alcohol motifs (C(OH)–C–C–N with tert-alkyl or cyclic N) is 1. The number of anilines is 1. The number of nitrogens with zero attached hydrogens (tertiary/aromatic N) is 5. The van der Waals surface area contributed by atoms with Gasteiger partial charge in [0.2, 0.25) is 9.74 Å². The zero-order chi connectivity index (χ0) is 22.7. The molecule has 0 atom stereocenters. The lowest BCUT2D eigenvalue weighted by atomic mass is 10.0. The Morgan fingerprint density at radius 1 is 0.969 bits per heavy atom. The molecule has 1 saturated heterocycles. The van der Waals surface area contributed by atoms with Crippen molar-refractivity contribution in [1.29, 1.82) is 0 Å². The minimum absolute atomic E-state index is 0.0823. The van der Waals surface area contributed by atoms with Gasteiger partial charge in [0.05, 0.1) is 13.7 Å². The van der Waals surface area contributed by atoms with E-state index >= 15 is 0 Å². The molecule has 0 bridgehead atoms. The first-order valence-electron chi connectivity index (χ1n) is 10.4. The van der Waals surface area contributed by atoms with Gasteiger partial charge in [-0.15, -0.1) is 0 Å². The fourth-order valence-electron chi connectivity index (χ4n) is 3.93. The van der Waals surface area contributed by atoms with Crippen LogP contribution < -0.4 is 9.64 Å². The lowest BCUT2D eigenvalue weighted by Crippen LogP contribution is -2.33. The molecule has 4 rings (SSSR count). The second kappa shape index (κ2) is 9.93. The van der Waals surface area contributed by atoms with Gasteiger partial charge in [-0.25, -0.2) is 4.98 Å². The molecule has 7 nitrogen and oxygen atoms in total. The van der Waals surface area contributed by atoms with Gasteiger partial charge < -0.3 is 14.7 Å². The molecule has 170 valence electrons. The molecule has 0 saturated carbocycles. The number of rotatable bonds is 5. The summed E-state index contributed by atoms with van der Waals surface area (Å²) in [6.45, 7) is 3.93. The van der Waals surface area contributed by atoms with E-state index in [0.29, 0.717) is 24.9 Å². The first-order chi connectivity index (χ1) is 15.4. The maximum atomic E-state index is 9.26. The molecule has 1 aliphatic heterocycles. The molecule has 1 N–H and O–H groups in total. The number of alkyl halides is 3. The summed E-state index contributed by atoms with van der Waals surface area (Å²) in [6, 6.07) is 11.7. The van der Waals surface area contributed by atoms with E-state index in [1.165, 1.54) is 0 Å². The topological polar surface area (TPSA) is 74.6 Å². The Labute approximate surface area is 201 Å². The maximum Gasteiger partial charge on any atom is 0.250 e. The van der Waals surface area contributed by atoms with Crippen LogP contribution in [0, 0.1) is 0 Å². The summed E-state index contributed by atoms with van der Waals surface area (Å²) in [4.78, 5) is 18.1. The Hall–Kier alpha value is -1.90. The number of aliphatic hydroxyl groups excluding tert-OH is 1. The summed E-state index contributed by atoms with van der Waals surface area (Å²) in [5.74, 6) is 1.75. The average molecular weight is 497 g/mol. The van der Waals surface area contributed by atoms with Crippen molar-refractivity contribution < 1.29 is 9.84 Å². The van der Waals surface area contributed by atoms with Gasteiger partial charge in [-0.2, -0.15) is 9.97 Å². The largest absolute Gasteiger partial charge is 0.496 e. The van der Waals surface area contributed by atoms with E-state index < -0.39 is 3.79 Å². The van der Waals surface area contributed by atoms with Crippen molar-refractivity contribution in [3.63, 3.8) is 0 Å². The van der Waals surface area contributed by atoms with Crippen molar-refractivity contribution in [3.05, 3.63) is 42.2 Å². The molecule has 1 aliphatic rings. The van der Waals surface area contributed by atoms with Crippen molar-refractivity contribution in [3.8, 4) is 17.1 Å². The van der Waals surface area contributed by atoms with Gasteiger partial charge in [0.1, 0.15) is 5.75 Å². The summed E-state index contributed by atoms with van der Waals surface area (Å²) >= 11 is 18.6. The van der Waals surface area contributed by atoms with Crippen molar-refractivity contribution >= 4 is 51.5 Å². The third-order valence-corrected chi connectivity index (χ3v) is 6.02. The highest BCUT2D eigenvalue weighted by Gasteiger charge is 2.30. The van der Waals surface area contributed by atoms with Gasteiger partial charge in [-0.05, 0) is 30.5 Å². The SMILES string of the molecule is COc1ccc(-c2nc(N3CCCN(CCO)CC3)nc(C(Cl)(Cl)Cl)n2)c2ccccc12. The van der Waals surface area contributed by atoms with E-state index in [4.69, 9.17) is 44.5 Å². The van der Waals surface area contributed by atoms with Crippen LogP contribution in [0.2, 0.25) is 0 Å². The smallest absolute Gasteiger partial charge is 0.250 e. The number of methoxy groups -OCH3 is 1. The zero-order valence-corrected chi connectivity index (χ0v) is 19.9. The molecule has 0 spiro atoms. The van der Waals surface area contributed by atoms with Crippen molar-refractivity contribution in [2.75, 3.05) is 51.3 Å². The number of hydrogen-bond acceptors (Lipinski definition) is 7. The van der Waals surface area contributed by atoms with Crippen LogP contribution in [0.3, 0.4) is 0 Å². The van der Waals surface area contributed by atoms with Crippen LogP contribution in [0.1, 0.15) is 12.2 Å². The lowest BCUT2D eigenvalue weighted by Gasteiger charge is -2.23. The Kier molecular flexibility index (Phi) is 7.22. The Morgan fingerprint density at radius 2 is 1.75 bits per heavy atom. The minimum atomic E-state index is -1.79. The summed E-state index contributed by atoms with van der Waals surface area (Å²) < 4.78 is 3.72. The molecular formula is C22H24Cl3N5O2. The first kappa shape index (κ1) is 23.3. The molecule has 0 amide bonds. The summed E-state index contributed by atoms with van der Waals surface area (Å²) in [6.07, 6.45) is 0.912. The maximum absolute atomic E-state index is 9.26. The van der Waals surface area contributed by atoms with Crippen LogP contribution in [-0.2, 0) is 3.79 Å². The molecule has 0 unspecified atom stereocenters. The van der Waals surface area contributed by atoms with Gasteiger partial charge in [0.25, 0.3) is 0 Å². The average Bonchev–Trinajstić information content (AvgIpc) is 3.03. The van der Waals surface area contributed by atoms with Crippen molar-refractivity contribution in [2.45, 2.75) is 10.2 Å². The Morgan fingerprint density at radius 3 is 2.47 bits per heavy atom. The Bertz CT molecular complexity index is 1090. The van der Waals surface area contributed by atoms with Crippen LogP contribution in [0.4, 0.5) is 5.95 Å². The van der Waals surface area contributed by atoms with Crippen molar-refractivity contribution in [2.24, 2.45) is 0 Å². The highest BCUT2D eigenvalue weighted by molar-refractivity contribution is 6.66. The fourth-order valence-corrected chi connectivity index (χ4v) is 4.19. The Balaban J connectivity index is 1.80. The normalized spacial score (nSPS) is 15.7. The van der Waals surface area contributed by atoms with E-state index in [-0.39, 0.29) is 12.4 Å². The molecule has 2 heterocycles. The molecule has 3 aromatic rings. The standard InChI is InChI=1S/C22H24Cl3N5O2/c1-32-18-8-7-17(15-5-2-3-6-16(15)18)19-26-20(22(23,24)25)28-21(27-19)30-10-4-9-29(11-12-30)13-14-31/h2-3,5-8,31H,4,9-14H2,1H3. The van der Waals surface area contributed by atoms with E-state index in [0.717, 1.165) is 48.1 Å². The second-order valence-corrected chi connectivity index (χ2v) is 9.83. The van der Waals surface area contributed by atoms with Crippen LogP contribution in [0.15, 0.2) is 36.4 Å². The molecular weight excluding hydrogens is 473 g/mol. The number of ether oxygens (including phenoxy) is 1. The first-order valence-corrected chi connectivity index (χ1v) is 11.5. The number of halogens is 3. The molecule has 10 heteroatoms. The summed E-state index contributed by atoms with van der Waals surface area (Å²) in [7, 11) is 1.64. The van der Waals surface area contributed by atoms with Crippen LogP contribution in [-0.4, -0.2) is 71.4 Å². The highest BCUT2D eigenvalue weighted by atomic mass is 35.6. The minimum Gasteiger partial charge on any atom is -0.496 e. The molecule has 32 heavy (non-hydrogen) atoms. The van der Waals surface area contributed by atoms with Gasteiger partial charge in [0, 0.05) is 37.1 Å². The van der Waals surface area contributed by atoms with Crippen LogP contribution in [0.5, 0.6) is 5.75 Å². The van der Waals surface area contributed by atoms with E-state index in [9.17, 15) is 5.11 Å². The van der Waals surface area contributed by atoms with Gasteiger partial charge in [0.15, 0.2) is 11.6 Å². The van der Waals surface area contributed by atoms with E-state index in [1.807, 2.05) is 36.4 Å². The zero-order valence-electron chi connectivity index (χ0n) is 17.6. The molecule has 1 fully saturated rings. The summed E-state index contributed by atoms with van der Waals surface area (Å²) in [5.41, 5.74) is 0.803. The van der Waals surface area contributed by atoms with E-state index in [1.54, 1.807) is 7.11 Å². The van der Waals surface area contributed by atoms with Crippen molar-refractivity contribution in [1.82, 2.24) is 19.9 Å². The molecule has 0 radical (unpaired) electrons. The monoisotopic (exact) mass is 495 g/mol. The second-order valence-electron chi connectivity index (χ2n) is 7.55. The highest BCUT2D eigenvalue weighted by Crippen LogP contribution is 2.39. The lowest BCUT2D eigenvalue weighted by molar-refractivity contribution is 0.204. The third-order valence-electron chi connectivity index (χ3n) is 5.51. The predicted molar refractivity (Wildman–Crippen MR) is 129 cm³/mol. The quantitative estimate of drug-likeness (QED) is 0.535. The van der Waals surface area contributed by atoms with Gasteiger partial charge in [-0.1, -0.05) is 59.1 Å². The summed E-state index contributed by atoms with van der Waals surface area (Å²) in [5, 5.41) is 11.1. The number of hydrogen-bond donors (Lipinski definition) is 1. The third kappa shape index (κ3) is 5.02. The molecule has 0 aliphatic carbocycles. The van der Waals surface area contributed by atoms with Crippen LogP contribution >= 0.6 is 34.8 Å². The van der Waals surface area contributed by atoms with Gasteiger partial charge in [-0.3, -0.25) is 4.90 Å². The van der Waals surface area contributed by atoms with Crippen LogP contribution in [0.25, 0.3) is 22.2 Å². The number of benzene rings is 2. The fraction of sp³-hybridized carbons (Fsp3) is 0.409.